The van der Waals surface area contributed by atoms with Gasteiger partial charge < -0.3 is 19.7 Å². The first-order valence-corrected chi connectivity index (χ1v) is 9.32. The molecule has 2 aliphatic heterocycles. The van der Waals surface area contributed by atoms with Crippen molar-refractivity contribution in [2.24, 2.45) is 0 Å². The van der Waals surface area contributed by atoms with Crippen molar-refractivity contribution in [2.75, 3.05) is 30.1 Å². The Kier molecular flexibility index (Phi) is 4.95. The Balaban J connectivity index is 1.37. The molecule has 0 unspecified atom stereocenters. The van der Waals surface area contributed by atoms with Gasteiger partial charge in [-0.25, -0.2) is 0 Å². The standard InChI is InChI=1S/C21H24N2O3/c24-21(11-9-16-8-10-19-20(14-16)26-15-25-19)22-17-6-2-3-7-18(17)23-12-4-1-5-13-23/h2-3,6-8,10,14H,1,4-5,9,11-13,15H2,(H,22,24). The van der Waals surface area contributed by atoms with Crippen LogP contribution in [-0.2, 0) is 11.2 Å². The van der Waals surface area contributed by atoms with E-state index in [2.05, 4.69) is 16.3 Å². The minimum Gasteiger partial charge on any atom is -0.454 e. The molecule has 0 saturated carbocycles. The second-order valence-electron chi connectivity index (χ2n) is 6.80. The first kappa shape index (κ1) is 16.8. The molecular formula is C21H24N2O3. The van der Waals surface area contributed by atoms with Crippen molar-refractivity contribution in [3.63, 3.8) is 0 Å². The zero-order valence-electron chi connectivity index (χ0n) is 14.9. The van der Waals surface area contributed by atoms with Crippen molar-refractivity contribution in [1.82, 2.24) is 0 Å². The van der Waals surface area contributed by atoms with Gasteiger partial charge in [0.05, 0.1) is 11.4 Å². The predicted octanol–water partition coefficient (Wildman–Crippen LogP) is 3.98. The number of hydrogen-bond donors (Lipinski definition) is 1. The monoisotopic (exact) mass is 352 g/mol. The van der Waals surface area contributed by atoms with Gasteiger partial charge >= 0.3 is 0 Å². The number of anilines is 2. The third-order valence-electron chi connectivity index (χ3n) is 4.95. The highest BCUT2D eigenvalue weighted by molar-refractivity contribution is 5.94. The summed E-state index contributed by atoms with van der Waals surface area (Å²) in [5, 5.41) is 3.09. The van der Waals surface area contributed by atoms with E-state index in [9.17, 15) is 4.79 Å². The van der Waals surface area contributed by atoms with E-state index in [4.69, 9.17) is 9.47 Å². The van der Waals surface area contributed by atoms with Crippen molar-refractivity contribution >= 4 is 17.3 Å². The number of para-hydroxylation sites is 2. The van der Waals surface area contributed by atoms with E-state index in [1.807, 2.05) is 36.4 Å². The first-order valence-electron chi connectivity index (χ1n) is 9.32. The zero-order chi connectivity index (χ0) is 17.8. The maximum atomic E-state index is 12.5. The van der Waals surface area contributed by atoms with Gasteiger partial charge in [-0.2, -0.15) is 0 Å². The SMILES string of the molecule is O=C(CCc1ccc2c(c1)OCO2)Nc1ccccc1N1CCCCC1. The van der Waals surface area contributed by atoms with E-state index in [1.165, 1.54) is 19.3 Å². The highest BCUT2D eigenvalue weighted by Crippen LogP contribution is 2.33. The van der Waals surface area contributed by atoms with Gasteiger partial charge in [0, 0.05) is 19.5 Å². The molecule has 2 aliphatic rings. The lowest BCUT2D eigenvalue weighted by Gasteiger charge is -2.30. The lowest BCUT2D eigenvalue weighted by Crippen LogP contribution is -2.30. The predicted molar refractivity (Wildman–Crippen MR) is 102 cm³/mol. The van der Waals surface area contributed by atoms with Crippen molar-refractivity contribution < 1.29 is 14.3 Å². The van der Waals surface area contributed by atoms with Gasteiger partial charge in [-0.05, 0) is 55.5 Å². The summed E-state index contributed by atoms with van der Waals surface area (Å²) in [5.74, 6) is 1.57. The number of rotatable bonds is 5. The van der Waals surface area contributed by atoms with Crippen molar-refractivity contribution in [3.05, 3.63) is 48.0 Å². The van der Waals surface area contributed by atoms with Gasteiger partial charge in [-0.1, -0.05) is 18.2 Å². The van der Waals surface area contributed by atoms with Crippen LogP contribution in [0.5, 0.6) is 11.5 Å². The second kappa shape index (κ2) is 7.68. The lowest BCUT2D eigenvalue weighted by atomic mass is 10.1. The molecule has 1 saturated heterocycles. The maximum absolute atomic E-state index is 12.5. The average Bonchev–Trinajstić information content (AvgIpc) is 3.15. The van der Waals surface area contributed by atoms with Gasteiger partial charge in [0.15, 0.2) is 11.5 Å². The molecule has 2 aromatic rings. The molecular weight excluding hydrogens is 328 g/mol. The van der Waals surface area contributed by atoms with Crippen LogP contribution >= 0.6 is 0 Å². The van der Waals surface area contributed by atoms with E-state index in [0.29, 0.717) is 12.8 Å². The van der Waals surface area contributed by atoms with Gasteiger partial charge in [0.2, 0.25) is 12.7 Å². The molecule has 0 bridgehead atoms. The third kappa shape index (κ3) is 3.77. The van der Waals surface area contributed by atoms with Gasteiger partial charge in [-0.15, -0.1) is 0 Å². The number of amides is 1. The van der Waals surface area contributed by atoms with Gasteiger partial charge in [0.25, 0.3) is 0 Å². The Labute approximate surface area is 153 Å². The first-order chi connectivity index (χ1) is 12.8. The molecule has 1 N–H and O–H groups in total. The lowest BCUT2D eigenvalue weighted by molar-refractivity contribution is -0.116. The topological polar surface area (TPSA) is 50.8 Å². The summed E-state index contributed by atoms with van der Waals surface area (Å²) in [5.41, 5.74) is 3.11. The number of aryl methyl sites for hydroxylation is 1. The molecule has 5 nitrogen and oxygen atoms in total. The van der Waals surface area contributed by atoms with Gasteiger partial charge in [-0.3, -0.25) is 4.79 Å². The summed E-state index contributed by atoms with van der Waals surface area (Å²) >= 11 is 0. The number of nitrogens with one attached hydrogen (secondary N) is 1. The summed E-state index contributed by atoms with van der Waals surface area (Å²) in [6.45, 7) is 2.39. The molecule has 0 atom stereocenters. The fourth-order valence-electron chi connectivity index (χ4n) is 3.56. The molecule has 136 valence electrons. The summed E-state index contributed by atoms with van der Waals surface area (Å²) in [6.07, 6.45) is 4.84. The fourth-order valence-corrected chi connectivity index (χ4v) is 3.56. The Hall–Kier alpha value is -2.69. The van der Waals surface area contributed by atoms with Crippen LogP contribution < -0.4 is 19.7 Å². The molecule has 2 aromatic carbocycles. The quantitative estimate of drug-likeness (QED) is 0.884. The molecule has 0 aromatic heterocycles. The van der Waals surface area contributed by atoms with Crippen LogP contribution in [0.25, 0.3) is 0 Å². The van der Waals surface area contributed by atoms with E-state index in [1.54, 1.807) is 0 Å². The van der Waals surface area contributed by atoms with E-state index in [0.717, 1.165) is 41.5 Å². The highest BCUT2D eigenvalue weighted by atomic mass is 16.7. The van der Waals surface area contributed by atoms with E-state index >= 15 is 0 Å². The number of hydrogen-bond acceptors (Lipinski definition) is 4. The molecule has 1 amide bonds. The van der Waals surface area contributed by atoms with Crippen LogP contribution in [-0.4, -0.2) is 25.8 Å². The van der Waals surface area contributed by atoms with Crippen LogP contribution in [0.2, 0.25) is 0 Å². The minimum atomic E-state index is 0.0344. The average molecular weight is 352 g/mol. The largest absolute Gasteiger partial charge is 0.454 e. The van der Waals surface area contributed by atoms with Gasteiger partial charge in [0.1, 0.15) is 0 Å². The molecule has 0 aliphatic carbocycles. The van der Waals surface area contributed by atoms with E-state index < -0.39 is 0 Å². The van der Waals surface area contributed by atoms with Crippen LogP contribution in [0, 0.1) is 0 Å². The Morgan fingerprint density at radius 2 is 1.81 bits per heavy atom. The second-order valence-corrected chi connectivity index (χ2v) is 6.80. The molecule has 1 fully saturated rings. The van der Waals surface area contributed by atoms with Crippen molar-refractivity contribution in [1.29, 1.82) is 0 Å². The zero-order valence-corrected chi connectivity index (χ0v) is 14.9. The molecule has 2 heterocycles. The number of ether oxygens (including phenoxy) is 2. The van der Waals surface area contributed by atoms with Crippen LogP contribution in [0.4, 0.5) is 11.4 Å². The van der Waals surface area contributed by atoms with Crippen LogP contribution in [0.15, 0.2) is 42.5 Å². The smallest absolute Gasteiger partial charge is 0.231 e. The maximum Gasteiger partial charge on any atom is 0.231 e. The minimum absolute atomic E-state index is 0.0344. The summed E-state index contributed by atoms with van der Waals surface area (Å²) in [6, 6.07) is 13.9. The molecule has 0 spiro atoms. The number of carbonyl (C=O) groups is 1. The number of piperidine rings is 1. The van der Waals surface area contributed by atoms with Crippen LogP contribution in [0.1, 0.15) is 31.2 Å². The summed E-state index contributed by atoms with van der Waals surface area (Å²) in [7, 11) is 0. The molecule has 5 heteroatoms. The fraction of sp³-hybridized carbons (Fsp3) is 0.381. The van der Waals surface area contributed by atoms with E-state index in [-0.39, 0.29) is 12.7 Å². The number of fused-ring (bicyclic) bond motifs is 1. The number of nitrogens with zero attached hydrogens (tertiary/aromatic N) is 1. The third-order valence-corrected chi connectivity index (χ3v) is 4.95. The normalized spacial score (nSPS) is 15.8. The highest BCUT2D eigenvalue weighted by Gasteiger charge is 2.16. The van der Waals surface area contributed by atoms with Crippen molar-refractivity contribution in [2.45, 2.75) is 32.1 Å². The van der Waals surface area contributed by atoms with Crippen LogP contribution in [0.3, 0.4) is 0 Å². The summed E-state index contributed by atoms with van der Waals surface area (Å²) < 4.78 is 10.7. The molecule has 26 heavy (non-hydrogen) atoms. The number of carbonyl (C=O) groups excluding carboxylic acids is 1. The summed E-state index contributed by atoms with van der Waals surface area (Å²) in [4.78, 5) is 14.8. The van der Waals surface area contributed by atoms with Crippen molar-refractivity contribution in [3.8, 4) is 11.5 Å². The Bertz CT molecular complexity index is 785. The Morgan fingerprint density at radius 1 is 1.00 bits per heavy atom. The Morgan fingerprint density at radius 3 is 2.69 bits per heavy atom. The molecule has 0 radical (unpaired) electrons. The number of benzene rings is 2. The molecule has 4 rings (SSSR count).